The Bertz CT molecular complexity index is 519. The van der Waals surface area contributed by atoms with Crippen LogP contribution in [0.5, 0.6) is 5.75 Å². The van der Waals surface area contributed by atoms with Crippen LogP contribution in [0, 0.1) is 0 Å². The fraction of sp³-hybridized carbons (Fsp3) is 0.286. The first-order valence-corrected chi connectivity index (χ1v) is 8.42. The molecule has 5 heteroatoms. The molecule has 0 fully saturated rings. The summed E-state index contributed by atoms with van der Waals surface area (Å²) in [6.07, 6.45) is 0. The van der Waals surface area contributed by atoms with Gasteiger partial charge in [-0.1, -0.05) is 0 Å². The Hall–Kier alpha value is -0.360. The van der Waals surface area contributed by atoms with E-state index in [4.69, 9.17) is 4.74 Å². The zero-order valence-electron chi connectivity index (χ0n) is 10.7. The third-order valence-corrected chi connectivity index (χ3v) is 4.80. The van der Waals surface area contributed by atoms with Crippen LogP contribution in [0.2, 0.25) is 0 Å². The summed E-state index contributed by atoms with van der Waals surface area (Å²) in [6.45, 7) is 2.99. The molecule has 1 aromatic heterocycles. The van der Waals surface area contributed by atoms with Crippen molar-refractivity contribution in [2.24, 2.45) is 0 Å². The van der Waals surface area contributed by atoms with Crippen LogP contribution in [0.25, 0.3) is 0 Å². The Morgan fingerprint density at radius 1 is 1.32 bits per heavy atom. The molecule has 2 aromatic rings. The predicted molar refractivity (Wildman–Crippen MR) is 88.0 cm³/mol. The summed E-state index contributed by atoms with van der Waals surface area (Å²) in [5.74, 6) is 0.828. The number of methoxy groups -OCH3 is 1. The van der Waals surface area contributed by atoms with Crippen LogP contribution in [-0.2, 0) is 6.54 Å². The molecule has 1 atom stereocenters. The van der Waals surface area contributed by atoms with E-state index in [2.05, 4.69) is 73.1 Å². The number of ether oxygens (including phenoxy) is 1. The molecule has 0 radical (unpaired) electrons. The number of nitrogens with one attached hydrogen (secondary N) is 1. The molecule has 102 valence electrons. The molecule has 0 aliphatic rings. The van der Waals surface area contributed by atoms with E-state index >= 15 is 0 Å². The number of halogens is 2. The Kier molecular flexibility index (Phi) is 5.45. The zero-order chi connectivity index (χ0) is 13.8. The van der Waals surface area contributed by atoms with Crippen molar-refractivity contribution in [3.63, 3.8) is 0 Å². The van der Waals surface area contributed by atoms with E-state index in [1.807, 2.05) is 0 Å². The fourth-order valence-corrected chi connectivity index (χ4v) is 4.18. The Morgan fingerprint density at radius 2 is 2.00 bits per heavy atom. The van der Waals surface area contributed by atoms with E-state index in [1.54, 1.807) is 18.4 Å². The van der Waals surface area contributed by atoms with Gasteiger partial charge in [-0.2, -0.15) is 11.3 Å². The van der Waals surface area contributed by atoms with Crippen LogP contribution in [-0.4, -0.2) is 7.11 Å². The van der Waals surface area contributed by atoms with Crippen molar-refractivity contribution in [2.75, 3.05) is 7.11 Å². The largest absolute Gasteiger partial charge is 0.494 e. The average Bonchev–Trinajstić information content (AvgIpc) is 2.89. The van der Waals surface area contributed by atoms with Crippen LogP contribution in [0.3, 0.4) is 0 Å². The molecule has 0 spiro atoms. The summed E-state index contributed by atoms with van der Waals surface area (Å²) in [4.78, 5) is 0. The maximum absolute atomic E-state index is 5.30. The second-order valence-corrected chi connectivity index (χ2v) is 6.74. The standard InChI is InChI=1S/C14H15Br2NOS/c1-9(11-3-4-19-8-11)17-7-10-5-12(15)14(18-2)13(16)6-10/h3-6,8-9,17H,7H2,1-2H3. The molecule has 0 saturated carbocycles. The highest BCUT2D eigenvalue weighted by atomic mass is 79.9. The van der Waals surface area contributed by atoms with E-state index < -0.39 is 0 Å². The van der Waals surface area contributed by atoms with E-state index in [-0.39, 0.29) is 0 Å². The predicted octanol–water partition coefficient (Wildman–Crippen LogP) is 5.13. The molecular weight excluding hydrogens is 390 g/mol. The molecule has 2 nitrogen and oxygen atoms in total. The third-order valence-electron chi connectivity index (χ3n) is 2.92. The van der Waals surface area contributed by atoms with Crippen LogP contribution >= 0.6 is 43.2 Å². The Morgan fingerprint density at radius 3 is 2.53 bits per heavy atom. The minimum atomic E-state index is 0.353. The lowest BCUT2D eigenvalue weighted by Crippen LogP contribution is -2.17. The van der Waals surface area contributed by atoms with Gasteiger partial charge in [0.2, 0.25) is 0 Å². The molecule has 1 N–H and O–H groups in total. The normalized spacial score (nSPS) is 12.4. The Labute approximate surface area is 134 Å². The highest BCUT2D eigenvalue weighted by Gasteiger charge is 2.09. The number of rotatable bonds is 5. The summed E-state index contributed by atoms with van der Waals surface area (Å²) in [5.41, 5.74) is 2.54. The molecular formula is C14H15Br2NOS. The summed E-state index contributed by atoms with van der Waals surface area (Å²) in [7, 11) is 1.67. The van der Waals surface area contributed by atoms with Crippen molar-refractivity contribution in [1.29, 1.82) is 0 Å². The highest BCUT2D eigenvalue weighted by molar-refractivity contribution is 9.11. The summed E-state index contributed by atoms with van der Waals surface area (Å²) in [6, 6.07) is 6.67. The van der Waals surface area contributed by atoms with Gasteiger partial charge in [-0.3, -0.25) is 0 Å². The second kappa shape index (κ2) is 6.88. The maximum atomic E-state index is 5.30. The van der Waals surface area contributed by atoms with Gasteiger partial charge >= 0.3 is 0 Å². The molecule has 1 unspecified atom stereocenters. The number of hydrogen-bond donors (Lipinski definition) is 1. The van der Waals surface area contributed by atoms with Crippen molar-refractivity contribution in [3.8, 4) is 5.75 Å². The summed E-state index contributed by atoms with van der Waals surface area (Å²) < 4.78 is 7.23. The van der Waals surface area contributed by atoms with Gasteiger partial charge in [-0.25, -0.2) is 0 Å². The maximum Gasteiger partial charge on any atom is 0.147 e. The van der Waals surface area contributed by atoms with E-state index in [9.17, 15) is 0 Å². The first-order chi connectivity index (χ1) is 9.11. The van der Waals surface area contributed by atoms with Gasteiger partial charge in [0.25, 0.3) is 0 Å². The van der Waals surface area contributed by atoms with Gasteiger partial charge in [-0.05, 0) is 78.9 Å². The first kappa shape index (κ1) is 15.0. The zero-order valence-corrected chi connectivity index (χ0v) is 14.7. The van der Waals surface area contributed by atoms with Crippen molar-refractivity contribution in [3.05, 3.63) is 49.0 Å². The molecule has 19 heavy (non-hydrogen) atoms. The van der Waals surface area contributed by atoms with Crippen molar-refractivity contribution >= 4 is 43.2 Å². The third kappa shape index (κ3) is 3.81. The quantitative estimate of drug-likeness (QED) is 0.745. The van der Waals surface area contributed by atoms with Crippen molar-refractivity contribution in [1.82, 2.24) is 5.32 Å². The lowest BCUT2D eigenvalue weighted by Gasteiger charge is -2.14. The topological polar surface area (TPSA) is 21.3 Å². The smallest absolute Gasteiger partial charge is 0.147 e. The van der Waals surface area contributed by atoms with Gasteiger partial charge in [0, 0.05) is 12.6 Å². The molecule has 0 bridgehead atoms. The minimum Gasteiger partial charge on any atom is -0.494 e. The van der Waals surface area contributed by atoms with Crippen LogP contribution in [0.4, 0.5) is 0 Å². The molecule has 1 aromatic carbocycles. The van der Waals surface area contributed by atoms with Gasteiger partial charge in [0.05, 0.1) is 16.1 Å². The summed E-state index contributed by atoms with van der Waals surface area (Å²) >= 11 is 8.77. The van der Waals surface area contributed by atoms with Gasteiger partial charge in [0.1, 0.15) is 5.75 Å². The van der Waals surface area contributed by atoms with E-state index in [0.717, 1.165) is 21.2 Å². The van der Waals surface area contributed by atoms with Crippen LogP contribution in [0.1, 0.15) is 24.1 Å². The average molecular weight is 405 g/mol. The van der Waals surface area contributed by atoms with Gasteiger partial charge in [0.15, 0.2) is 0 Å². The lowest BCUT2D eigenvalue weighted by atomic mass is 10.1. The summed E-state index contributed by atoms with van der Waals surface area (Å²) in [5, 5.41) is 7.80. The minimum absolute atomic E-state index is 0.353. The molecule has 0 saturated heterocycles. The highest BCUT2D eigenvalue weighted by Crippen LogP contribution is 2.34. The lowest BCUT2D eigenvalue weighted by molar-refractivity contribution is 0.409. The Balaban J connectivity index is 2.04. The van der Waals surface area contributed by atoms with E-state index in [1.165, 1.54) is 11.1 Å². The van der Waals surface area contributed by atoms with Crippen molar-refractivity contribution < 1.29 is 4.74 Å². The number of benzene rings is 1. The number of thiophene rings is 1. The molecule has 2 rings (SSSR count). The first-order valence-electron chi connectivity index (χ1n) is 5.89. The number of hydrogen-bond acceptors (Lipinski definition) is 3. The second-order valence-electron chi connectivity index (χ2n) is 4.25. The van der Waals surface area contributed by atoms with Gasteiger partial charge < -0.3 is 10.1 Å². The fourth-order valence-electron chi connectivity index (χ4n) is 1.82. The molecule has 0 aliphatic carbocycles. The monoisotopic (exact) mass is 403 g/mol. The molecule has 1 heterocycles. The van der Waals surface area contributed by atoms with E-state index in [0.29, 0.717) is 6.04 Å². The van der Waals surface area contributed by atoms with Crippen molar-refractivity contribution in [2.45, 2.75) is 19.5 Å². The molecule has 0 amide bonds. The van der Waals surface area contributed by atoms with Crippen LogP contribution < -0.4 is 10.1 Å². The molecule has 0 aliphatic heterocycles. The SMILES string of the molecule is COc1c(Br)cc(CNC(C)c2ccsc2)cc1Br. The van der Waals surface area contributed by atoms with Crippen LogP contribution in [0.15, 0.2) is 37.9 Å². The van der Waals surface area contributed by atoms with Gasteiger partial charge in [-0.15, -0.1) is 0 Å².